The summed E-state index contributed by atoms with van der Waals surface area (Å²) in [6.07, 6.45) is 1.79. The number of carbonyl (C=O) groups excluding carboxylic acids is 1. The average molecular weight is 423 g/mol. The van der Waals surface area contributed by atoms with Crippen LogP contribution in [0.15, 0.2) is 82.3 Å². The number of aryl methyl sites for hydroxylation is 1. The van der Waals surface area contributed by atoms with Crippen LogP contribution in [0, 0.1) is 6.92 Å². The molecule has 3 rings (SSSR count). The van der Waals surface area contributed by atoms with Gasteiger partial charge in [0.05, 0.1) is 10.2 Å². The zero-order valence-electron chi connectivity index (χ0n) is 14.9. The van der Waals surface area contributed by atoms with Gasteiger partial charge in [0.15, 0.2) is 6.61 Å². The summed E-state index contributed by atoms with van der Waals surface area (Å²) in [6, 6.07) is 22.9. The van der Waals surface area contributed by atoms with E-state index < -0.39 is 0 Å². The molecule has 3 aromatic rings. The number of carbonyl (C=O) groups is 1. The molecule has 4 nitrogen and oxygen atoms in total. The van der Waals surface area contributed by atoms with Gasteiger partial charge in [0.25, 0.3) is 5.91 Å². The first-order valence-electron chi connectivity index (χ1n) is 8.48. The van der Waals surface area contributed by atoms with Gasteiger partial charge < -0.3 is 10.1 Å². The maximum Gasteiger partial charge on any atom is 0.262 e. The van der Waals surface area contributed by atoms with E-state index in [1.54, 1.807) is 6.21 Å². The molecular weight excluding hydrogens is 404 g/mol. The molecule has 0 aliphatic heterocycles. The second-order valence-corrected chi connectivity index (χ2v) is 6.84. The zero-order valence-corrected chi connectivity index (χ0v) is 16.4. The minimum atomic E-state index is -0.210. The lowest BCUT2D eigenvalue weighted by Gasteiger charge is -2.09. The molecule has 136 valence electrons. The van der Waals surface area contributed by atoms with Gasteiger partial charge in [-0.2, -0.15) is 0 Å². The van der Waals surface area contributed by atoms with Crippen molar-refractivity contribution >= 4 is 39.4 Å². The molecule has 0 bridgehead atoms. The summed E-state index contributed by atoms with van der Waals surface area (Å²) < 4.78 is 6.36. The van der Waals surface area contributed by atoms with Crippen molar-refractivity contribution in [2.45, 2.75) is 6.92 Å². The van der Waals surface area contributed by atoms with Crippen LogP contribution < -0.4 is 10.1 Å². The molecule has 0 aliphatic rings. The van der Waals surface area contributed by atoms with E-state index >= 15 is 0 Å². The van der Waals surface area contributed by atoms with E-state index in [-0.39, 0.29) is 12.5 Å². The highest BCUT2D eigenvalue weighted by molar-refractivity contribution is 9.10. The predicted molar refractivity (Wildman–Crippen MR) is 113 cm³/mol. The summed E-state index contributed by atoms with van der Waals surface area (Å²) in [4.78, 5) is 16.4. The van der Waals surface area contributed by atoms with E-state index in [0.29, 0.717) is 5.75 Å². The fourth-order valence-corrected chi connectivity index (χ4v) is 2.87. The molecule has 0 radical (unpaired) electrons. The fraction of sp³-hybridized carbons (Fsp3) is 0.0909. The van der Waals surface area contributed by atoms with Crippen molar-refractivity contribution in [2.24, 2.45) is 4.99 Å². The van der Waals surface area contributed by atoms with Gasteiger partial charge in [0.2, 0.25) is 0 Å². The quantitative estimate of drug-likeness (QED) is 0.531. The minimum Gasteiger partial charge on any atom is -0.483 e. The van der Waals surface area contributed by atoms with Gasteiger partial charge >= 0.3 is 0 Å². The monoisotopic (exact) mass is 422 g/mol. The van der Waals surface area contributed by atoms with Crippen molar-refractivity contribution < 1.29 is 9.53 Å². The smallest absolute Gasteiger partial charge is 0.262 e. The Balaban J connectivity index is 1.57. The minimum absolute atomic E-state index is 0.0652. The maximum atomic E-state index is 12.0. The molecule has 3 aromatic carbocycles. The molecule has 0 fully saturated rings. The molecule has 0 atom stereocenters. The summed E-state index contributed by atoms with van der Waals surface area (Å²) in [7, 11) is 0. The maximum absolute atomic E-state index is 12.0. The van der Waals surface area contributed by atoms with E-state index in [9.17, 15) is 4.79 Å². The normalized spacial score (nSPS) is 10.7. The number of halogens is 1. The summed E-state index contributed by atoms with van der Waals surface area (Å²) in [6.45, 7) is 1.98. The van der Waals surface area contributed by atoms with Gasteiger partial charge in [-0.25, -0.2) is 0 Å². The van der Waals surface area contributed by atoms with Crippen molar-refractivity contribution in [1.82, 2.24) is 0 Å². The third-order valence-electron chi connectivity index (χ3n) is 3.77. The molecule has 0 aromatic heterocycles. The number of hydrogen-bond acceptors (Lipinski definition) is 3. The van der Waals surface area contributed by atoms with Gasteiger partial charge in [0, 0.05) is 11.9 Å². The Bertz CT molecular complexity index is 938. The van der Waals surface area contributed by atoms with Gasteiger partial charge in [-0.3, -0.25) is 9.79 Å². The van der Waals surface area contributed by atoms with Crippen LogP contribution in [0.3, 0.4) is 0 Å². The third kappa shape index (κ3) is 5.79. The van der Waals surface area contributed by atoms with Gasteiger partial charge in [-0.15, -0.1) is 0 Å². The molecule has 0 heterocycles. The molecule has 27 heavy (non-hydrogen) atoms. The third-order valence-corrected chi connectivity index (χ3v) is 4.39. The number of amides is 1. The Morgan fingerprint density at radius 3 is 2.52 bits per heavy atom. The second kappa shape index (κ2) is 9.14. The van der Waals surface area contributed by atoms with Crippen molar-refractivity contribution in [1.29, 1.82) is 0 Å². The number of benzene rings is 3. The van der Waals surface area contributed by atoms with E-state index in [4.69, 9.17) is 4.74 Å². The Morgan fingerprint density at radius 2 is 1.81 bits per heavy atom. The van der Waals surface area contributed by atoms with Crippen LogP contribution >= 0.6 is 15.9 Å². The first kappa shape index (κ1) is 18.9. The number of aliphatic imine (C=N–C) groups is 1. The Morgan fingerprint density at radius 1 is 1.07 bits per heavy atom. The largest absolute Gasteiger partial charge is 0.483 e. The van der Waals surface area contributed by atoms with E-state index in [1.807, 2.05) is 79.7 Å². The van der Waals surface area contributed by atoms with E-state index in [2.05, 4.69) is 26.2 Å². The van der Waals surface area contributed by atoms with Crippen LogP contribution in [0.2, 0.25) is 0 Å². The lowest BCUT2D eigenvalue weighted by molar-refractivity contribution is -0.118. The van der Waals surface area contributed by atoms with E-state index in [1.165, 1.54) is 5.56 Å². The molecule has 1 N–H and O–H groups in total. The molecule has 1 amide bonds. The number of ether oxygens (including phenoxy) is 1. The number of hydrogen-bond donors (Lipinski definition) is 1. The molecular formula is C22H19BrN2O2. The van der Waals surface area contributed by atoms with Crippen LogP contribution in [-0.4, -0.2) is 18.7 Å². The Kier molecular flexibility index (Phi) is 6.39. The van der Waals surface area contributed by atoms with Crippen molar-refractivity contribution in [3.8, 4) is 5.75 Å². The van der Waals surface area contributed by atoms with Crippen LogP contribution in [0.4, 0.5) is 11.4 Å². The van der Waals surface area contributed by atoms with Crippen LogP contribution in [0.1, 0.15) is 11.1 Å². The molecule has 0 spiro atoms. The summed E-state index contributed by atoms with van der Waals surface area (Å²) in [5.41, 5.74) is 3.78. The first-order chi connectivity index (χ1) is 13.1. The number of rotatable bonds is 6. The molecule has 0 saturated carbocycles. The average Bonchev–Trinajstić information content (AvgIpc) is 2.67. The summed E-state index contributed by atoms with van der Waals surface area (Å²) in [5, 5.41) is 2.78. The van der Waals surface area contributed by atoms with Gasteiger partial charge in [-0.1, -0.05) is 35.9 Å². The van der Waals surface area contributed by atoms with Crippen LogP contribution in [0.5, 0.6) is 5.75 Å². The van der Waals surface area contributed by atoms with Crippen molar-refractivity contribution in [3.63, 3.8) is 0 Å². The topological polar surface area (TPSA) is 50.7 Å². The highest BCUT2D eigenvalue weighted by Gasteiger charge is 2.06. The Labute approximate surface area is 167 Å². The van der Waals surface area contributed by atoms with Crippen molar-refractivity contribution in [3.05, 3.63) is 88.4 Å². The first-order valence-corrected chi connectivity index (χ1v) is 9.27. The van der Waals surface area contributed by atoms with Gasteiger partial charge in [0.1, 0.15) is 5.75 Å². The van der Waals surface area contributed by atoms with E-state index in [0.717, 1.165) is 21.4 Å². The fourth-order valence-electron chi connectivity index (χ4n) is 2.36. The van der Waals surface area contributed by atoms with Crippen LogP contribution in [0.25, 0.3) is 0 Å². The zero-order chi connectivity index (χ0) is 19.1. The van der Waals surface area contributed by atoms with Crippen LogP contribution in [-0.2, 0) is 4.79 Å². The highest BCUT2D eigenvalue weighted by atomic mass is 79.9. The lowest BCUT2D eigenvalue weighted by atomic mass is 10.2. The molecule has 0 aliphatic carbocycles. The SMILES string of the molecule is Cc1ccc(N=Cc2ccc(OCC(=O)Nc3ccccc3)c(Br)c2)cc1. The lowest BCUT2D eigenvalue weighted by Crippen LogP contribution is -2.20. The predicted octanol–water partition coefficient (Wildman–Crippen LogP) is 5.53. The number of anilines is 1. The molecule has 5 heteroatoms. The number of para-hydroxylation sites is 1. The number of nitrogens with zero attached hydrogens (tertiary/aromatic N) is 1. The second-order valence-electron chi connectivity index (χ2n) is 5.99. The number of nitrogens with one attached hydrogen (secondary N) is 1. The Hall–Kier alpha value is -2.92. The summed E-state index contributed by atoms with van der Waals surface area (Å²) in [5.74, 6) is 0.392. The van der Waals surface area contributed by atoms with Gasteiger partial charge in [-0.05, 0) is 70.9 Å². The molecule has 0 saturated heterocycles. The van der Waals surface area contributed by atoms with Crippen molar-refractivity contribution in [2.75, 3.05) is 11.9 Å². The molecule has 0 unspecified atom stereocenters. The standard InChI is InChI=1S/C22H19BrN2O2/c1-16-7-10-18(11-8-16)24-14-17-9-12-21(20(23)13-17)27-15-22(26)25-19-5-3-2-4-6-19/h2-14H,15H2,1H3,(H,25,26). The summed E-state index contributed by atoms with van der Waals surface area (Å²) >= 11 is 3.48. The highest BCUT2D eigenvalue weighted by Crippen LogP contribution is 2.26.